The SMILES string of the molecule is Cc1cc(C)c(OC(=O)N(C)C)cc1S. The van der Waals surface area contributed by atoms with Gasteiger partial charge in [-0.1, -0.05) is 6.07 Å². The number of hydrogen-bond acceptors (Lipinski definition) is 3. The molecule has 0 aliphatic carbocycles. The number of aryl methyl sites for hydroxylation is 2. The molecule has 0 saturated carbocycles. The van der Waals surface area contributed by atoms with Crippen molar-refractivity contribution in [3.05, 3.63) is 23.3 Å². The molecule has 82 valence electrons. The van der Waals surface area contributed by atoms with Gasteiger partial charge in [-0.2, -0.15) is 0 Å². The Morgan fingerprint density at radius 2 is 1.87 bits per heavy atom. The number of carbonyl (C=O) groups excluding carboxylic acids is 1. The Morgan fingerprint density at radius 3 is 2.40 bits per heavy atom. The van der Waals surface area contributed by atoms with Crippen LogP contribution in [0.15, 0.2) is 17.0 Å². The van der Waals surface area contributed by atoms with Gasteiger partial charge in [-0.05, 0) is 31.0 Å². The maximum Gasteiger partial charge on any atom is 0.414 e. The molecule has 0 aliphatic heterocycles. The first-order valence-electron chi connectivity index (χ1n) is 4.61. The number of rotatable bonds is 1. The highest BCUT2D eigenvalue weighted by atomic mass is 32.1. The first kappa shape index (κ1) is 11.9. The minimum atomic E-state index is -0.380. The summed E-state index contributed by atoms with van der Waals surface area (Å²) in [6.45, 7) is 3.87. The van der Waals surface area contributed by atoms with Gasteiger partial charge in [-0.15, -0.1) is 12.6 Å². The summed E-state index contributed by atoms with van der Waals surface area (Å²) in [5.74, 6) is 0.560. The van der Waals surface area contributed by atoms with Crippen LogP contribution in [0.25, 0.3) is 0 Å². The normalized spacial score (nSPS) is 9.93. The Labute approximate surface area is 95.4 Å². The van der Waals surface area contributed by atoms with E-state index in [0.717, 1.165) is 16.0 Å². The number of carbonyl (C=O) groups is 1. The van der Waals surface area contributed by atoms with Gasteiger partial charge in [0.05, 0.1) is 0 Å². The summed E-state index contributed by atoms with van der Waals surface area (Å²) >= 11 is 4.28. The minimum absolute atomic E-state index is 0.380. The molecular formula is C11H15NO2S. The third-order valence-corrected chi connectivity index (χ3v) is 2.54. The lowest BCUT2D eigenvalue weighted by Crippen LogP contribution is -2.25. The van der Waals surface area contributed by atoms with E-state index in [1.165, 1.54) is 4.90 Å². The van der Waals surface area contributed by atoms with Gasteiger partial charge < -0.3 is 9.64 Å². The second-order valence-electron chi connectivity index (χ2n) is 3.67. The molecule has 15 heavy (non-hydrogen) atoms. The highest BCUT2D eigenvalue weighted by molar-refractivity contribution is 7.80. The minimum Gasteiger partial charge on any atom is -0.410 e. The van der Waals surface area contributed by atoms with Crippen molar-refractivity contribution in [2.45, 2.75) is 18.7 Å². The zero-order valence-corrected chi connectivity index (χ0v) is 10.3. The van der Waals surface area contributed by atoms with Crippen LogP contribution in [0.1, 0.15) is 11.1 Å². The fourth-order valence-electron chi connectivity index (χ4n) is 1.12. The molecule has 0 heterocycles. The molecule has 0 bridgehead atoms. The molecule has 0 spiro atoms. The molecule has 0 fully saturated rings. The quantitative estimate of drug-likeness (QED) is 0.745. The lowest BCUT2D eigenvalue weighted by atomic mass is 10.1. The molecule has 0 atom stereocenters. The second-order valence-corrected chi connectivity index (χ2v) is 4.15. The molecule has 0 unspecified atom stereocenters. The van der Waals surface area contributed by atoms with Gasteiger partial charge in [0, 0.05) is 19.0 Å². The molecule has 1 aromatic carbocycles. The molecule has 0 aromatic heterocycles. The van der Waals surface area contributed by atoms with Gasteiger partial charge in [-0.3, -0.25) is 0 Å². The zero-order valence-electron chi connectivity index (χ0n) is 9.37. The number of amides is 1. The van der Waals surface area contributed by atoms with Crippen molar-refractivity contribution in [2.24, 2.45) is 0 Å². The molecule has 0 saturated heterocycles. The Morgan fingerprint density at radius 1 is 1.27 bits per heavy atom. The van der Waals surface area contributed by atoms with Crippen molar-refractivity contribution in [1.82, 2.24) is 4.90 Å². The molecule has 1 aromatic rings. The summed E-state index contributed by atoms with van der Waals surface area (Å²) < 4.78 is 5.18. The van der Waals surface area contributed by atoms with Crippen molar-refractivity contribution >= 4 is 18.7 Å². The molecule has 4 heteroatoms. The van der Waals surface area contributed by atoms with Crippen LogP contribution in [0.3, 0.4) is 0 Å². The van der Waals surface area contributed by atoms with Gasteiger partial charge in [0.1, 0.15) is 5.75 Å². The zero-order chi connectivity index (χ0) is 11.6. The van der Waals surface area contributed by atoms with Crippen LogP contribution in [0.5, 0.6) is 5.75 Å². The first-order valence-corrected chi connectivity index (χ1v) is 5.06. The van der Waals surface area contributed by atoms with E-state index in [-0.39, 0.29) is 6.09 Å². The van der Waals surface area contributed by atoms with Crippen molar-refractivity contribution < 1.29 is 9.53 Å². The van der Waals surface area contributed by atoms with Gasteiger partial charge in [0.25, 0.3) is 0 Å². The fourth-order valence-corrected chi connectivity index (χ4v) is 1.30. The van der Waals surface area contributed by atoms with E-state index in [2.05, 4.69) is 12.6 Å². The predicted molar refractivity (Wildman–Crippen MR) is 62.9 cm³/mol. The molecule has 0 radical (unpaired) electrons. The van der Waals surface area contributed by atoms with Crippen molar-refractivity contribution in [3.8, 4) is 5.75 Å². The van der Waals surface area contributed by atoms with Crippen LogP contribution in [-0.2, 0) is 0 Å². The lowest BCUT2D eigenvalue weighted by Gasteiger charge is -2.13. The monoisotopic (exact) mass is 225 g/mol. The summed E-state index contributed by atoms with van der Waals surface area (Å²) in [5.41, 5.74) is 2.00. The highest BCUT2D eigenvalue weighted by Crippen LogP contribution is 2.25. The first-order chi connectivity index (χ1) is 6.91. The third-order valence-electron chi connectivity index (χ3n) is 2.06. The van der Waals surface area contributed by atoms with Crippen molar-refractivity contribution in [1.29, 1.82) is 0 Å². The molecule has 3 nitrogen and oxygen atoms in total. The summed E-state index contributed by atoms with van der Waals surface area (Å²) in [7, 11) is 3.29. The van der Waals surface area contributed by atoms with Gasteiger partial charge in [0.15, 0.2) is 0 Å². The van der Waals surface area contributed by atoms with Crippen LogP contribution in [0, 0.1) is 13.8 Å². The molecule has 1 amide bonds. The van der Waals surface area contributed by atoms with Crippen LogP contribution in [0.2, 0.25) is 0 Å². The van der Waals surface area contributed by atoms with E-state index < -0.39 is 0 Å². The van der Waals surface area contributed by atoms with E-state index in [1.54, 1.807) is 20.2 Å². The summed E-state index contributed by atoms with van der Waals surface area (Å²) in [6, 6.07) is 3.70. The van der Waals surface area contributed by atoms with Gasteiger partial charge in [0.2, 0.25) is 0 Å². The molecular weight excluding hydrogens is 210 g/mol. The van der Waals surface area contributed by atoms with Crippen LogP contribution >= 0.6 is 12.6 Å². The Kier molecular flexibility index (Phi) is 3.63. The molecule has 0 aliphatic rings. The number of benzene rings is 1. The van der Waals surface area contributed by atoms with Crippen LogP contribution < -0.4 is 4.74 Å². The maximum absolute atomic E-state index is 11.3. The largest absolute Gasteiger partial charge is 0.414 e. The van der Waals surface area contributed by atoms with E-state index >= 15 is 0 Å². The summed E-state index contributed by atoms with van der Waals surface area (Å²) in [5, 5.41) is 0. The maximum atomic E-state index is 11.3. The van der Waals surface area contributed by atoms with E-state index in [4.69, 9.17) is 4.74 Å². The average Bonchev–Trinajstić information content (AvgIpc) is 2.13. The Hall–Kier alpha value is -1.16. The average molecular weight is 225 g/mol. The van der Waals surface area contributed by atoms with Crippen molar-refractivity contribution in [2.75, 3.05) is 14.1 Å². The van der Waals surface area contributed by atoms with Gasteiger partial charge >= 0.3 is 6.09 Å². The number of nitrogens with zero attached hydrogens (tertiary/aromatic N) is 1. The Bertz CT molecular complexity index is 388. The van der Waals surface area contributed by atoms with E-state index in [0.29, 0.717) is 5.75 Å². The number of thiol groups is 1. The van der Waals surface area contributed by atoms with Crippen molar-refractivity contribution in [3.63, 3.8) is 0 Å². The topological polar surface area (TPSA) is 29.5 Å². The Balaban J connectivity index is 2.96. The van der Waals surface area contributed by atoms with Gasteiger partial charge in [-0.25, -0.2) is 4.79 Å². The number of ether oxygens (including phenoxy) is 1. The summed E-state index contributed by atoms with van der Waals surface area (Å²) in [4.78, 5) is 13.5. The van der Waals surface area contributed by atoms with Crippen LogP contribution in [-0.4, -0.2) is 25.1 Å². The number of hydrogen-bond donors (Lipinski definition) is 1. The van der Waals surface area contributed by atoms with Crippen LogP contribution in [0.4, 0.5) is 4.79 Å². The second kappa shape index (κ2) is 4.57. The lowest BCUT2D eigenvalue weighted by molar-refractivity contribution is 0.171. The summed E-state index contributed by atoms with van der Waals surface area (Å²) in [6.07, 6.45) is -0.380. The molecule has 1 rings (SSSR count). The van der Waals surface area contributed by atoms with E-state index in [9.17, 15) is 4.79 Å². The standard InChI is InChI=1S/C11H15NO2S/c1-7-5-8(2)10(15)6-9(7)14-11(13)12(3)4/h5-6,15H,1-4H3. The smallest absolute Gasteiger partial charge is 0.410 e. The highest BCUT2D eigenvalue weighted by Gasteiger charge is 2.10. The third kappa shape index (κ3) is 2.89. The van der Waals surface area contributed by atoms with E-state index in [1.807, 2.05) is 19.9 Å². The molecule has 0 N–H and O–H groups in total. The predicted octanol–water partition coefficient (Wildman–Crippen LogP) is 2.65. The fraction of sp³-hybridized carbons (Fsp3) is 0.364.